The minimum absolute atomic E-state index is 0.0246. The molecule has 12 nitrogen and oxygen atoms in total. The Morgan fingerprint density at radius 1 is 0.941 bits per heavy atom. The first-order valence-electron chi connectivity index (χ1n) is 16.3. The second kappa shape index (κ2) is 16.4. The molecule has 268 valence electrons. The molecule has 2 atom stereocenters. The molecule has 1 aliphatic rings. The van der Waals surface area contributed by atoms with Crippen LogP contribution in [0.25, 0.3) is 0 Å². The van der Waals surface area contributed by atoms with Crippen molar-refractivity contribution in [1.29, 1.82) is 0 Å². The molecule has 0 fully saturated rings. The molecule has 3 aromatic carbocycles. The summed E-state index contributed by atoms with van der Waals surface area (Å²) < 4.78 is 55.8. The number of unbranched alkanes of at least 4 members (excludes halogenated alkanes) is 3. The first-order chi connectivity index (χ1) is 24.5. The summed E-state index contributed by atoms with van der Waals surface area (Å²) >= 11 is 0. The minimum atomic E-state index is -1.67. The molecule has 2 heterocycles. The molecule has 0 spiro atoms. The molecule has 51 heavy (non-hydrogen) atoms. The average molecular weight is 708 g/mol. The van der Waals surface area contributed by atoms with E-state index < -0.39 is 64.7 Å². The lowest BCUT2D eigenvalue weighted by atomic mass is 9.77. The lowest BCUT2D eigenvalue weighted by Crippen LogP contribution is -2.59. The van der Waals surface area contributed by atoms with Crippen molar-refractivity contribution >= 4 is 17.6 Å². The van der Waals surface area contributed by atoms with Gasteiger partial charge in [-0.25, -0.2) is 27.9 Å². The van der Waals surface area contributed by atoms with Gasteiger partial charge in [0.15, 0.2) is 0 Å². The fourth-order valence-electron chi connectivity index (χ4n) is 6.09. The number of rotatable bonds is 15. The molecule has 1 aliphatic heterocycles. The van der Waals surface area contributed by atoms with Crippen molar-refractivity contribution in [1.82, 2.24) is 15.3 Å². The van der Waals surface area contributed by atoms with E-state index in [1.165, 1.54) is 4.90 Å². The molecule has 0 aliphatic carbocycles. The van der Waals surface area contributed by atoms with Crippen molar-refractivity contribution in [3.63, 3.8) is 0 Å². The number of carbonyl (C=O) groups excluding carboxylic acids is 2. The van der Waals surface area contributed by atoms with Crippen molar-refractivity contribution in [3.05, 3.63) is 128 Å². The van der Waals surface area contributed by atoms with E-state index in [9.17, 15) is 32.9 Å². The molecule has 1 N–H and O–H groups in total. The Bertz CT molecular complexity index is 1840. The van der Waals surface area contributed by atoms with Crippen LogP contribution in [-0.2, 0) is 31.2 Å². The third kappa shape index (κ3) is 8.60. The van der Waals surface area contributed by atoms with Crippen LogP contribution in [0, 0.1) is 41.4 Å². The first kappa shape index (κ1) is 36.7. The van der Waals surface area contributed by atoms with Crippen LogP contribution in [0.2, 0.25) is 0 Å². The molecule has 1 amide bonds. The van der Waals surface area contributed by atoms with Crippen LogP contribution < -0.4 is 15.0 Å². The van der Waals surface area contributed by atoms with E-state index in [0.717, 1.165) is 0 Å². The summed E-state index contributed by atoms with van der Waals surface area (Å²) in [5.41, 5.74) is -0.0194. The zero-order valence-corrected chi connectivity index (χ0v) is 27.9. The Morgan fingerprint density at radius 3 is 2.24 bits per heavy atom. The highest BCUT2D eigenvalue weighted by Gasteiger charge is 2.52. The summed E-state index contributed by atoms with van der Waals surface area (Å²) in [5, 5.41) is 12.8. The quantitative estimate of drug-likeness (QED) is 0.0712. The summed E-state index contributed by atoms with van der Waals surface area (Å²) in [4.78, 5) is 52.9. The molecule has 1 aromatic heterocycles. The fourth-order valence-corrected chi connectivity index (χ4v) is 6.09. The number of amides is 1. The standard InChI is InChI=1S/C36H36F3N5O7/c1-23-18-24(2)42-35(41-23)51-33(34(46)49-16-10-3-4-11-17-50-44(47)48)36(25-12-6-5-7-13-25)28-14-8-9-15-31(28)43(32(45)21-40-36)22-27-29(38)19-26(37)20-30(27)39/h5-9,12-15,18-20,33,40H,3-4,10-11,16-17,21-22H2,1-2H3/t33-,36+/m1/s1. The van der Waals surface area contributed by atoms with Gasteiger partial charge in [-0.05, 0) is 50.8 Å². The largest absolute Gasteiger partial charge is 0.463 e. The molecule has 0 saturated heterocycles. The van der Waals surface area contributed by atoms with Gasteiger partial charge in [0, 0.05) is 40.3 Å². The maximum Gasteiger partial charge on any atom is 0.350 e. The predicted octanol–water partition coefficient (Wildman–Crippen LogP) is 5.65. The van der Waals surface area contributed by atoms with Gasteiger partial charge >= 0.3 is 12.0 Å². The highest BCUT2D eigenvalue weighted by molar-refractivity contribution is 5.97. The van der Waals surface area contributed by atoms with E-state index in [2.05, 4.69) is 20.1 Å². The zero-order chi connectivity index (χ0) is 36.5. The second-order valence-electron chi connectivity index (χ2n) is 11.9. The number of para-hydroxylation sites is 1. The monoisotopic (exact) mass is 707 g/mol. The van der Waals surface area contributed by atoms with Crippen LogP contribution in [0.3, 0.4) is 0 Å². The van der Waals surface area contributed by atoms with Gasteiger partial charge in [0.2, 0.25) is 12.0 Å². The van der Waals surface area contributed by atoms with Crippen molar-refractivity contribution in [3.8, 4) is 6.01 Å². The molecular formula is C36H36F3N5O7. The molecular weight excluding hydrogens is 671 g/mol. The van der Waals surface area contributed by atoms with Gasteiger partial charge in [-0.1, -0.05) is 55.0 Å². The van der Waals surface area contributed by atoms with E-state index in [1.54, 1.807) is 74.5 Å². The number of ether oxygens (including phenoxy) is 2. The average Bonchev–Trinajstić information content (AvgIpc) is 3.20. The smallest absolute Gasteiger partial charge is 0.350 e. The number of hydrogen-bond donors (Lipinski definition) is 1. The molecule has 15 heteroatoms. The van der Waals surface area contributed by atoms with Crippen molar-refractivity contribution in [2.24, 2.45) is 0 Å². The molecule has 0 unspecified atom stereocenters. The number of fused-ring (bicyclic) bond motifs is 1. The Kier molecular flexibility index (Phi) is 11.8. The molecule has 0 bridgehead atoms. The molecule has 0 radical (unpaired) electrons. The van der Waals surface area contributed by atoms with Crippen molar-refractivity contribution < 1.29 is 42.2 Å². The van der Waals surface area contributed by atoms with Gasteiger partial charge in [-0.15, -0.1) is 10.1 Å². The van der Waals surface area contributed by atoms with Crippen LogP contribution >= 0.6 is 0 Å². The Hall–Kier alpha value is -5.57. The SMILES string of the molecule is Cc1cc(C)nc(O[C@H](C(=O)OCCCCCCO[N+](=O)[O-])[C@@]2(c3ccccc3)NCC(=O)N(Cc3c(F)cc(F)cc3F)c3ccccc32)n1. The van der Waals surface area contributed by atoms with Gasteiger partial charge < -0.3 is 19.2 Å². The van der Waals surface area contributed by atoms with Crippen molar-refractivity contribution in [2.45, 2.75) is 57.7 Å². The number of aromatic nitrogens is 2. The summed E-state index contributed by atoms with van der Waals surface area (Å²) in [6.07, 6.45) is 0.491. The second-order valence-corrected chi connectivity index (χ2v) is 11.9. The van der Waals surface area contributed by atoms with E-state index >= 15 is 0 Å². The number of nitrogens with zero attached hydrogens (tertiary/aromatic N) is 4. The molecule has 5 rings (SSSR count). The third-order valence-corrected chi connectivity index (χ3v) is 8.36. The first-order valence-corrected chi connectivity index (χ1v) is 16.3. The normalized spacial score (nSPS) is 16.2. The van der Waals surface area contributed by atoms with E-state index in [-0.39, 0.29) is 24.9 Å². The van der Waals surface area contributed by atoms with Crippen molar-refractivity contribution in [2.75, 3.05) is 24.7 Å². The van der Waals surface area contributed by atoms with E-state index in [1.807, 2.05) is 0 Å². The number of nitrogens with one attached hydrogen (secondary N) is 1. The number of carbonyl (C=O) groups is 2. The predicted molar refractivity (Wildman–Crippen MR) is 177 cm³/mol. The lowest BCUT2D eigenvalue weighted by Gasteiger charge is -2.40. The van der Waals surface area contributed by atoms with E-state index in [4.69, 9.17) is 9.47 Å². The topological polar surface area (TPSA) is 146 Å². The number of aryl methyl sites for hydroxylation is 2. The Labute approximate surface area is 291 Å². The molecule has 0 saturated carbocycles. The maximum atomic E-state index is 14.9. The Balaban J connectivity index is 1.58. The number of benzene rings is 3. The highest BCUT2D eigenvalue weighted by Crippen LogP contribution is 2.43. The van der Waals surface area contributed by atoms with Gasteiger partial charge in [0.05, 0.1) is 26.3 Å². The number of anilines is 1. The highest BCUT2D eigenvalue weighted by atomic mass is 19.1. The number of esters is 1. The third-order valence-electron chi connectivity index (χ3n) is 8.36. The van der Waals surface area contributed by atoms with Crippen LogP contribution in [-0.4, -0.2) is 52.8 Å². The zero-order valence-electron chi connectivity index (χ0n) is 27.9. The van der Waals surface area contributed by atoms with Crippen LogP contribution in [0.15, 0.2) is 72.8 Å². The van der Waals surface area contributed by atoms with E-state index in [0.29, 0.717) is 60.3 Å². The van der Waals surface area contributed by atoms with Crippen LogP contribution in [0.1, 0.15) is 53.8 Å². The van der Waals surface area contributed by atoms with Gasteiger partial charge in [-0.3, -0.25) is 10.1 Å². The number of halogens is 3. The summed E-state index contributed by atoms with van der Waals surface area (Å²) in [7, 11) is 0. The summed E-state index contributed by atoms with van der Waals surface area (Å²) in [6.45, 7) is 2.40. The summed E-state index contributed by atoms with van der Waals surface area (Å²) in [6, 6.07) is 18.0. The minimum Gasteiger partial charge on any atom is -0.463 e. The van der Waals surface area contributed by atoms with Crippen LogP contribution in [0.5, 0.6) is 6.01 Å². The fraction of sp³-hybridized carbons (Fsp3) is 0.333. The maximum absolute atomic E-state index is 14.9. The Morgan fingerprint density at radius 2 is 1.57 bits per heavy atom. The van der Waals surface area contributed by atoms with Gasteiger partial charge in [0.25, 0.3) is 5.09 Å². The van der Waals surface area contributed by atoms with Gasteiger partial charge in [-0.2, -0.15) is 0 Å². The van der Waals surface area contributed by atoms with Crippen LogP contribution in [0.4, 0.5) is 18.9 Å². The van der Waals surface area contributed by atoms with Gasteiger partial charge in [0.1, 0.15) is 23.0 Å². The summed E-state index contributed by atoms with van der Waals surface area (Å²) in [5.74, 6) is -4.84. The molecule has 4 aromatic rings. The number of hydrogen-bond acceptors (Lipinski definition) is 10. The lowest BCUT2D eigenvalue weighted by molar-refractivity contribution is -0.757.